The van der Waals surface area contributed by atoms with Crippen molar-refractivity contribution in [2.45, 2.75) is 37.3 Å². The smallest absolute Gasteiger partial charge is 0.323 e. The number of carbonyl (C=O) groups is 2. The molecule has 1 aromatic carbocycles. The second-order valence-corrected chi connectivity index (χ2v) is 6.02. The highest BCUT2D eigenvalue weighted by Crippen LogP contribution is 2.46. The Morgan fingerprint density at radius 1 is 1.24 bits per heavy atom. The number of carbonyl (C=O) groups excluding carboxylic acids is 2. The minimum absolute atomic E-state index is 0.0877. The van der Waals surface area contributed by atoms with E-state index >= 15 is 0 Å². The van der Waals surface area contributed by atoms with Crippen LogP contribution in [0.15, 0.2) is 30.3 Å². The first-order chi connectivity index (χ1) is 10.1. The molecular formula is C17H21NO3. The van der Waals surface area contributed by atoms with Crippen LogP contribution in [-0.4, -0.2) is 42.9 Å². The van der Waals surface area contributed by atoms with Gasteiger partial charge in [-0.25, -0.2) is 0 Å². The predicted octanol–water partition coefficient (Wildman–Crippen LogP) is 1.99. The van der Waals surface area contributed by atoms with Gasteiger partial charge in [-0.15, -0.1) is 0 Å². The summed E-state index contributed by atoms with van der Waals surface area (Å²) in [5, 5.41) is 0. The number of methoxy groups -OCH3 is 1. The number of likely N-dealkylation sites (N-methyl/N-ethyl adjacent to an activating group) is 1. The molecule has 2 aliphatic rings. The summed E-state index contributed by atoms with van der Waals surface area (Å²) in [4.78, 5) is 26.8. The van der Waals surface area contributed by atoms with Gasteiger partial charge in [0.25, 0.3) is 0 Å². The molecule has 1 aliphatic carbocycles. The Morgan fingerprint density at radius 2 is 1.95 bits per heavy atom. The van der Waals surface area contributed by atoms with Gasteiger partial charge in [0, 0.05) is 24.3 Å². The number of rotatable bonds is 2. The van der Waals surface area contributed by atoms with Crippen molar-refractivity contribution in [2.75, 3.05) is 14.2 Å². The van der Waals surface area contributed by atoms with E-state index in [4.69, 9.17) is 4.74 Å². The number of fused-ring (bicyclic) bond motifs is 1. The predicted molar refractivity (Wildman–Crippen MR) is 78.9 cm³/mol. The van der Waals surface area contributed by atoms with E-state index in [0.29, 0.717) is 12.2 Å². The van der Waals surface area contributed by atoms with E-state index in [-0.39, 0.29) is 29.9 Å². The van der Waals surface area contributed by atoms with Crippen molar-refractivity contribution >= 4 is 11.8 Å². The summed E-state index contributed by atoms with van der Waals surface area (Å²) in [5.74, 6) is -0.136. The summed E-state index contributed by atoms with van der Waals surface area (Å²) in [6.07, 6.45) is 2.52. The quantitative estimate of drug-likeness (QED) is 0.781. The molecule has 1 heterocycles. The second kappa shape index (κ2) is 5.60. The van der Waals surface area contributed by atoms with Crippen LogP contribution in [0.4, 0.5) is 0 Å². The highest BCUT2D eigenvalue weighted by molar-refractivity contribution is 5.87. The molecule has 4 nitrogen and oxygen atoms in total. The molecule has 1 aliphatic heterocycles. The van der Waals surface area contributed by atoms with Gasteiger partial charge < -0.3 is 4.74 Å². The van der Waals surface area contributed by atoms with Crippen molar-refractivity contribution in [1.29, 1.82) is 0 Å². The van der Waals surface area contributed by atoms with Crippen LogP contribution in [-0.2, 0) is 14.3 Å². The molecule has 2 fully saturated rings. The summed E-state index contributed by atoms with van der Waals surface area (Å²) in [6, 6.07) is 9.69. The molecule has 0 N–H and O–H groups in total. The number of benzene rings is 1. The van der Waals surface area contributed by atoms with Crippen LogP contribution in [0.5, 0.6) is 0 Å². The zero-order valence-corrected chi connectivity index (χ0v) is 12.5. The van der Waals surface area contributed by atoms with Crippen LogP contribution in [0.3, 0.4) is 0 Å². The van der Waals surface area contributed by atoms with E-state index in [2.05, 4.69) is 4.90 Å². The van der Waals surface area contributed by atoms with E-state index in [1.807, 2.05) is 37.4 Å². The zero-order chi connectivity index (χ0) is 15.0. The Labute approximate surface area is 125 Å². The third-order valence-electron chi connectivity index (χ3n) is 5.03. The third kappa shape index (κ3) is 2.27. The number of hydrogen-bond donors (Lipinski definition) is 0. The number of esters is 1. The highest BCUT2D eigenvalue weighted by atomic mass is 16.5. The minimum Gasteiger partial charge on any atom is -0.468 e. The molecule has 4 heteroatoms. The zero-order valence-electron chi connectivity index (χ0n) is 12.5. The molecule has 112 valence electrons. The highest BCUT2D eigenvalue weighted by Gasteiger charge is 2.54. The molecule has 2 unspecified atom stereocenters. The van der Waals surface area contributed by atoms with Crippen LogP contribution in [0.25, 0.3) is 0 Å². The third-order valence-corrected chi connectivity index (χ3v) is 5.03. The average Bonchev–Trinajstić information content (AvgIpc) is 2.82. The molecular weight excluding hydrogens is 266 g/mol. The fourth-order valence-corrected chi connectivity index (χ4v) is 4.10. The first kappa shape index (κ1) is 14.3. The van der Waals surface area contributed by atoms with Gasteiger partial charge in [0.1, 0.15) is 11.8 Å². The molecule has 0 spiro atoms. The van der Waals surface area contributed by atoms with Gasteiger partial charge in [-0.05, 0) is 25.5 Å². The molecule has 0 radical (unpaired) electrons. The topological polar surface area (TPSA) is 46.6 Å². The molecule has 1 aromatic rings. The Hall–Kier alpha value is -1.68. The molecule has 4 atom stereocenters. The van der Waals surface area contributed by atoms with Gasteiger partial charge in [0.15, 0.2) is 0 Å². The fourth-order valence-electron chi connectivity index (χ4n) is 4.10. The number of likely N-dealkylation sites (tertiary alicyclic amines) is 1. The van der Waals surface area contributed by atoms with Gasteiger partial charge >= 0.3 is 5.97 Å². The molecule has 0 aromatic heterocycles. The first-order valence-corrected chi connectivity index (χ1v) is 7.52. The number of hydrogen-bond acceptors (Lipinski definition) is 4. The summed E-state index contributed by atoms with van der Waals surface area (Å²) in [7, 11) is 3.36. The largest absolute Gasteiger partial charge is 0.468 e. The fraction of sp³-hybridized carbons (Fsp3) is 0.529. The van der Waals surface area contributed by atoms with Crippen molar-refractivity contribution in [2.24, 2.45) is 5.92 Å². The summed E-state index contributed by atoms with van der Waals surface area (Å²) in [5.41, 5.74) is 1.06. The van der Waals surface area contributed by atoms with Crippen LogP contribution < -0.4 is 0 Å². The lowest BCUT2D eigenvalue weighted by Crippen LogP contribution is -2.41. The summed E-state index contributed by atoms with van der Waals surface area (Å²) < 4.78 is 5.01. The van der Waals surface area contributed by atoms with Crippen molar-refractivity contribution in [3.05, 3.63) is 35.9 Å². The maximum Gasteiger partial charge on any atom is 0.323 e. The molecule has 21 heavy (non-hydrogen) atoms. The molecule has 3 rings (SSSR count). The minimum atomic E-state index is -0.366. The molecule has 0 bridgehead atoms. The van der Waals surface area contributed by atoms with Crippen LogP contribution >= 0.6 is 0 Å². The second-order valence-electron chi connectivity index (χ2n) is 6.02. The standard InChI is InChI=1S/C17H21NO3/c1-18-12-9-6-10-13(19)15(12)14(16(18)17(20)21-2)11-7-4-3-5-8-11/h3-5,7-8,12,14-16H,6,9-10H2,1-2H3/t12?,14-,15?,16+/m0/s1. The van der Waals surface area contributed by atoms with Gasteiger partial charge in [0.2, 0.25) is 0 Å². The number of ether oxygens (including phenoxy) is 1. The summed E-state index contributed by atoms with van der Waals surface area (Å²) in [6.45, 7) is 0. The SMILES string of the molecule is COC(=O)[C@H]1[C@@H](c2ccccc2)C2C(=O)CCCC2N1C. The maximum absolute atomic E-state index is 12.5. The lowest BCUT2D eigenvalue weighted by atomic mass is 9.74. The van der Waals surface area contributed by atoms with E-state index < -0.39 is 0 Å². The first-order valence-electron chi connectivity index (χ1n) is 7.52. The van der Waals surface area contributed by atoms with Gasteiger partial charge in [-0.2, -0.15) is 0 Å². The lowest BCUT2D eigenvalue weighted by molar-refractivity contribution is -0.146. The lowest BCUT2D eigenvalue weighted by Gasteiger charge is -2.29. The van der Waals surface area contributed by atoms with E-state index in [1.165, 1.54) is 7.11 Å². The van der Waals surface area contributed by atoms with Crippen molar-refractivity contribution in [3.63, 3.8) is 0 Å². The number of nitrogens with zero attached hydrogens (tertiary/aromatic N) is 1. The monoisotopic (exact) mass is 287 g/mol. The van der Waals surface area contributed by atoms with Crippen LogP contribution in [0.2, 0.25) is 0 Å². The van der Waals surface area contributed by atoms with E-state index in [0.717, 1.165) is 18.4 Å². The Bertz CT molecular complexity index is 542. The Kier molecular flexibility index (Phi) is 3.81. The Morgan fingerprint density at radius 3 is 2.62 bits per heavy atom. The van der Waals surface area contributed by atoms with E-state index in [9.17, 15) is 9.59 Å². The van der Waals surface area contributed by atoms with Crippen molar-refractivity contribution in [3.8, 4) is 0 Å². The molecule has 1 saturated carbocycles. The average molecular weight is 287 g/mol. The normalized spacial score (nSPS) is 32.8. The van der Waals surface area contributed by atoms with E-state index in [1.54, 1.807) is 0 Å². The van der Waals surface area contributed by atoms with Gasteiger partial charge in [-0.3, -0.25) is 14.5 Å². The summed E-state index contributed by atoms with van der Waals surface area (Å²) >= 11 is 0. The van der Waals surface area contributed by atoms with Gasteiger partial charge in [-0.1, -0.05) is 30.3 Å². The van der Waals surface area contributed by atoms with Crippen molar-refractivity contribution < 1.29 is 14.3 Å². The van der Waals surface area contributed by atoms with Gasteiger partial charge in [0.05, 0.1) is 7.11 Å². The molecule has 1 saturated heterocycles. The van der Waals surface area contributed by atoms with Crippen molar-refractivity contribution in [1.82, 2.24) is 4.90 Å². The number of Topliss-reactive ketones (excluding diaryl/α,β-unsaturated/α-hetero) is 1. The van der Waals surface area contributed by atoms with Crippen LogP contribution in [0, 0.1) is 5.92 Å². The Balaban J connectivity index is 2.05. The molecule has 0 amide bonds. The maximum atomic E-state index is 12.5. The van der Waals surface area contributed by atoms with Crippen LogP contribution in [0.1, 0.15) is 30.7 Å². The number of ketones is 1.